The molecule has 0 spiro atoms. The third kappa shape index (κ3) is 2.30. The third-order valence-electron chi connectivity index (χ3n) is 1.59. The first-order valence-electron chi connectivity index (χ1n) is 3.81. The number of rotatable bonds is 2. The largest absolute Gasteiger partial charge is 0.144 e. The van der Waals surface area contributed by atoms with Crippen molar-refractivity contribution in [3.8, 4) is 0 Å². The van der Waals surface area contributed by atoms with Crippen LogP contribution in [0.3, 0.4) is 0 Å². The lowest BCUT2D eigenvalue weighted by atomic mass is 10.4. The lowest BCUT2D eigenvalue weighted by Crippen LogP contribution is -1.61. The van der Waals surface area contributed by atoms with E-state index in [-0.39, 0.29) is 0 Å². The van der Waals surface area contributed by atoms with Crippen LogP contribution in [0.4, 0.5) is 0 Å². The van der Waals surface area contributed by atoms with Gasteiger partial charge in [-0.15, -0.1) is 22.7 Å². The molecule has 2 rings (SSSR count). The zero-order valence-corrected chi connectivity index (χ0v) is 9.95. The molecule has 0 nitrogen and oxygen atoms in total. The number of hydrogen-bond donors (Lipinski definition) is 0. The van der Waals surface area contributed by atoms with Crippen molar-refractivity contribution in [2.75, 3.05) is 0 Å². The van der Waals surface area contributed by atoms with Gasteiger partial charge in [-0.25, -0.2) is 0 Å². The topological polar surface area (TPSA) is 0 Å². The predicted octanol–water partition coefficient (Wildman–Crippen LogP) is 4.74. The van der Waals surface area contributed by atoms with Gasteiger partial charge >= 0.3 is 0 Å². The van der Waals surface area contributed by atoms with Gasteiger partial charge in [0.05, 0.1) is 0 Å². The highest BCUT2D eigenvalue weighted by Gasteiger charge is 1.95. The van der Waals surface area contributed by atoms with Crippen molar-refractivity contribution < 1.29 is 0 Å². The molecule has 13 heavy (non-hydrogen) atoms. The summed E-state index contributed by atoms with van der Waals surface area (Å²) in [6, 6.07) is 6.25. The van der Waals surface area contributed by atoms with Gasteiger partial charge in [-0.1, -0.05) is 6.07 Å². The zero-order valence-electron chi connectivity index (χ0n) is 6.74. The molecule has 0 radical (unpaired) electrons. The molecule has 2 aromatic rings. The molecule has 0 fully saturated rings. The summed E-state index contributed by atoms with van der Waals surface area (Å²) in [7, 11) is 0. The first-order chi connectivity index (χ1) is 6.36. The Balaban J connectivity index is 2.19. The van der Waals surface area contributed by atoms with Crippen LogP contribution in [0.15, 0.2) is 33.4 Å². The Morgan fingerprint density at radius 1 is 1.08 bits per heavy atom. The lowest BCUT2D eigenvalue weighted by molar-refractivity contribution is 1.84. The first-order valence-corrected chi connectivity index (χ1v) is 6.36. The van der Waals surface area contributed by atoms with Crippen LogP contribution in [0.25, 0.3) is 12.2 Å². The molecule has 0 N–H and O–H groups in total. The fourth-order valence-electron chi connectivity index (χ4n) is 0.968. The minimum atomic E-state index is 1.17. The van der Waals surface area contributed by atoms with Gasteiger partial charge in [0.2, 0.25) is 0 Å². The molecule has 0 amide bonds. The molecular formula is C10H7BrS2. The van der Waals surface area contributed by atoms with E-state index in [0.717, 1.165) is 0 Å². The van der Waals surface area contributed by atoms with Gasteiger partial charge in [0.1, 0.15) is 0 Å². The van der Waals surface area contributed by atoms with Gasteiger partial charge in [0.25, 0.3) is 0 Å². The third-order valence-corrected chi connectivity index (χ3v) is 4.26. The zero-order chi connectivity index (χ0) is 9.10. The van der Waals surface area contributed by atoms with Crippen molar-refractivity contribution in [2.24, 2.45) is 0 Å². The maximum Gasteiger partial charge on any atom is 0.0412 e. The molecule has 0 saturated heterocycles. The second kappa shape index (κ2) is 4.22. The maximum absolute atomic E-state index is 3.49. The van der Waals surface area contributed by atoms with Crippen LogP contribution in [-0.2, 0) is 0 Å². The van der Waals surface area contributed by atoms with E-state index in [1.165, 1.54) is 14.2 Å². The Hall–Kier alpha value is -0.380. The highest BCUT2D eigenvalue weighted by atomic mass is 79.9. The smallest absolute Gasteiger partial charge is 0.0412 e. The van der Waals surface area contributed by atoms with Crippen LogP contribution in [0.1, 0.15) is 9.75 Å². The van der Waals surface area contributed by atoms with E-state index in [4.69, 9.17) is 0 Å². The minimum absolute atomic E-state index is 1.17. The Morgan fingerprint density at radius 3 is 2.62 bits per heavy atom. The van der Waals surface area contributed by atoms with Crippen molar-refractivity contribution in [1.29, 1.82) is 0 Å². The van der Waals surface area contributed by atoms with Crippen molar-refractivity contribution in [3.05, 3.63) is 43.2 Å². The summed E-state index contributed by atoms with van der Waals surface area (Å²) in [5, 5.41) is 4.17. The summed E-state index contributed by atoms with van der Waals surface area (Å²) >= 11 is 6.99. The summed E-state index contributed by atoms with van der Waals surface area (Å²) in [5.41, 5.74) is 0. The minimum Gasteiger partial charge on any atom is -0.144 e. The molecule has 0 atom stereocenters. The number of hydrogen-bond acceptors (Lipinski definition) is 2. The van der Waals surface area contributed by atoms with Gasteiger partial charge in [-0.2, -0.15) is 0 Å². The maximum atomic E-state index is 3.49. The van der Waals surface area contributed by atoms with E-state index in [1.807, 2.05) is 0 Å². The fraction of sp³-hybridized carbons (Fsp3) is 0. The molecular weight excluding hydrogens is 264 g/mol. The molecule has 0 aliphatic heterocycles. The fourth-order valence-corrected chi connectivity index (χ4v) is 2.98. The number of halogens is 1. The average Bonchev–Trinajstić information content (AvgIpc) is 2.72. The van der Waals surface area contributed by atoms with E-state index in [9.17, 15) is 0 Å². The molecule has 2 aromatic heterocycles. The van der Waals surface area contributed by atoms with Gasteiger partial charge in [-0.05, 0) is 51.0 Å². The Kier molecular flexibility index (Phi) is 2.98. The molecule has 0 bridgehead atoms. The SMILES string of the molecule is Brc1ccsc1/C=C/c1cccs1. The van der Waals surface area contributed by atoms with Crippen LogP contribution in [-0.4, -0.2) is 0 Å². The summed E-state index contributed by atoms with van der Waals surface area (Å²) in [6.45, 7) is 0. The van der Waals surface area contributed by atoms with Crippen LogP contribution in [0.5, 0.6) is 0 Å². The Morgan fingerprint density at radius 2 is 2.00 bits per heavy atom. The summed E-state index contributed by atoms with van der Waals surface area (Å²) < 4.78 is 1.17. The van der Waals surface area contributed by atoms with Gasteiger partial charge in [0.15, 0.2) is 0 Å². The normalized spacial score (nSPS) is 11.2. The van der Waals surface area contributed by atoms with E-state index in [2.05, 4.69) is 57.0 Å². The van der Waals surface area contributed by atoms with Crippen molar-refractivity contribution in [3.63, 3.8) is 0 Å². The van der Waals surface area contributed by atoms with Crippen molar-refractivity contribution in [1.82, 2.24) is 0 Å². The summed E-state index contributed by atoms with van der Waals surface area (Å²) in [4.78, 5) is 2.56. The summed E-state index contributed by atoms with van der Waals surface area (Å²) in [6.07, 6.45) is 4.28. The summed E-state index contributed by atoms with van der Waals surface area (Å²) in [5.74, 6) is 0. The molecule has 2 heterocycles. The van der Waals surface area contributed by atoms with Crippen LogP contribution >= 0.6 is 38.6 Å². The molecule has 0 aliphatic carbocycles. The molecule has 3 heteroatoms. The van der Waals surface area contributed by atoms with Crippen molar-refractivity contribution in [2.45, 2.75) is 0 Å². The standard InChI is InChI=1S/C10H7BrS2/c11-9-5-7-13-10(9)4-3-8-2-1-6-12-8/h1-7H/b4-3+. The second-order valence-electron chi connectivity index (χ2n) is 2.48. The lowest BCUT2D eigenvalue weighted by Gasteiger charge is -1.86. The molecule has 0 unspecified atom stereocenters. The quantitative estimate of drug-likeness (QED) is 0.739. The average molecular weight is 271 g/mol. The monoisotopic (exact) mass is 270 g/mol. The van der Waals surface area contributed by atoms with Crippen LogP contribution in [0, 0.1) is 0 Å². The van der Waals surface area contributed by atoms with E-state index in [0.29, 0.717) is 0 Å². The van der Waals surface area contributed by atoms with Gasteiger partial charge < -0.3 is 0 Å². The Bertz CT molecular complexity index is 398. The van der Waals surface area contributed by atoms with Crippen LogP contribution < -0.4 is 0 Å². The predicted molar refractivity (Wildman–Crippen MR) is 65.3 cm³/mol. The van der Waals surface area contributed by atoms with Gasteiger partial charge in [-0.3, -0.25) is 0 Å². The number of thiophene rings is 2. The van der Waals surface area contributed by atoms with Crippen molar-refractivity contribution >= 4 is 50.8 Å². The first kappa shape index (κ1) is 9.19. The van der Waals surface area contributed by atoms with Crippen LogP contribution in [0.2, 0.25) is 0 Å². The molecule has 0 saturated carbocycles. The highest BCUT2D eigenvalue weighted by molar-refractivity contribution is 9.10. The second-order valence-corrected chi connectivity index (χ2v) is 5.26. The molecule has 0 aromatic carbocycles. The van der Waals surface area contributed by atoms with E-state index >= 15 is 0 Å². The van der Waals surface area contributed by atoms with Gasteiger partial charge in [0, 0.05) is 14.2 Å². The highest BCUT2D eigenvalue weighted by Crippen LogP contribution is 2.25. The van der Waals surface area contributed by atoms with E-state index < -0.39 is 0 Å². The van der Waals surface area contributed by atoms with E-state index in [1.54, 1.807) is 22.7 Å². The molecule has 0 aliphatic rings. The molecule has 66 valence electrons. The Labute approximate surface area is 93.7 Å².